The first-order valence-corrected chi connectivity index (χ1v) is 11.5. The third-order valence-corrected chi connectivity index (χ3v) is 6.95. The van der Waals surface area contributed by atoms with E-state index < -0.39 is 45.7 Å². The lowest BCUT2D eigenvalue weighted by molar-refractivity contribution is -0.153. The second-order valence-corrected chi connectivity index (χ2v) is 9.40. The number of rotatable bonds is 10. The summed E-state index contributed by atoms with van der Waals surface area (Å²) in [6.07, 6.45) is -3.30. The van der Waals surface area contributed by atoms with Crippen molar-refractivity contribution in [2.75, 3.05) is 6.61 Å². The van der Waals surface area contributed by atoms with Crippen molar-refractivity contribution >= 4 is 21.8 Å². The number of hydrogen-bond acceptors (Lipinski definition) is 7. The van der Waals surface area contributed by atoms with E-state index in [2.05, 4.69) is 0 Å². The van der Waals surface area contributed by atoms with Crippen LogP contribution < -0.4 is 0 Å². The highest BCUT2D eigenvalue weighted by Crippen LogP contribution is 2.26. The Morgan fingerprint density at radius 2 is 1.65 bits per heavy atom. The number of sulfone groups is 1. The van der Waals surface area contributed by atoms with Crippen LogP contribution in [0.15, 0.2) is 59.5 Å². The maximum atomic E-state index is 13.4. The second kappa shape index (κ2) is 11.1. The molecular formula is C23H28O7S. The molecule has 0 heterocycles. The SMILES string of the molecule is CCOC(=O)CC([C@H](O)[C@H](Cc1ccccc1)OC(C)=O)S(=O)(=O)c1ccc(C)cc1. The zero-order valence-corrected chi connectivity index (χ0v) is 18.7. The molecule has 0 amide bonds. The Bertz CT molecular complexity index is 969. The predicted molar refractivity (Wildman–Crippen MR) is 115 cm³/mol. The van der Waals surface area contributed by atoms with Crippen molar-refractivity contribution in [2.45, 2.75) is 56.0 Å². The molecule has 2 aromatic rings. The van der Waals surface area contributed by atoms with Gasteiger partial charge in [0.25, 0.3) is 0 Å². The summed E-state index contributed by atoms with van der Waals surface area (Å²) in [5, 5.41) is 9.53. The van der Waals surface area contributed by atoms with Gasteiger partial charge in [-0.3, -0.25) is 9.59 Å². The van der Waals surface area contributed by atoms with E-state index in [-0.39, 0.29) is 17.9 Å². The van der Waals surface area contributed by atoms with Crippen LogP contribution in [0.1, 0.15) is 31.4 Å². The summed E-state index contributed by atoms with van der Waals surface area (Å²) >= 11 is 0. The van der Waals surface area contributed by atoms with Crippen LogP contribution in [-0.4, -0.2) is 49.5 Å². The zero-order chi connectivity index (χ0) is 23.0. The van der Waals surface area contributed by atoms with Crippen LogP contribution in [0, 0.1) is 6.92 Å². The first kappa shape index (κ1) is 24.6. The van der Waals surface area contributed by atoms with Gasteiger partial charge in [-0.1, -0.05) is 48.0 Å². The molecule has 0 aliphatic carbocycles. The fourth-order valence-electron chi connectivity index (χ4n) is 3.23. The van der Waals surface area contributed by atoms with Crippen LogP contribution in [0.4, 0.5) is 0 Å². The Balaban J connectivity index is 2.44. The summed E-state index contributed by atoms with van der Waals surface area (Å²) in [5.41, 5.74) is 1.61. The molecule has 0 aliphatic rings. The van der Waals surface area contributed by atoms with E-state index in [0.717, 1.165) is 11.1 Å². The van der Waals surface area contributed by atoms with Crippen LogP contribution in [-0.2, 0) is 35.3 Å². The summed E-state index contributed by atoms with van der Waals surface area (Å²) in [6.45, 7) is 4.68. The van der Waals surface area contributed by atoms with Crippen LogP contribution in [0.2, 0.25) is 0 Å². The molecule has 2 aromatic carbocycles. The first-order valence-electron chi connectivity index (χ1n) is 10.0. The minimum Gasteiger partial charge on any atom is -0.466 e. The van der Waals surface area contributed by atoms with E-state index in [4.69, 9.17) is 9.47 Å². The van der Waals surface area contributed by atoms with Gasteiger partial charge in [-0.2, -0.15) is 0 Å². The number of carbonyl (C=O) groups excluding carboxylic acids is 2. The Morgan fingerprint density at radius 3 is 2.19 bits per heavy atom. The van der Waals surface area contributed by atoms with Crippen LogP contribution >= 0.6 is 0 Å². The molecular weight excluding hydrogens is 420 g/mol. The normalized spacial score (nSPS) is 14.3. The highest BCUT2D eigenvalue weighted by Gasteiger charge is 2.41. The molecule has 0 radical (unpaired) electrons. The van der Waals surface area contributed by atoms with Gasteiger partial charge in [0.05, 0.1) is 17.9 Å². The Hall–Kier alpha value is -2.71. The maximum Gasteiger partial charge on any atom is 0.307 e. The number of hydrogen-bond donors (Lipinski definition) is 1. The highest BCUT2D eigenvalue weighted by atomic mass is 32.2. The average molecular weight is 449 g/mol. The van der Waals surface area contributed by atoms with Crippen molar-refractivity contribution in [2.24, 2.45) is 0 Å². The predicted octanol–water partition coefficient (Wildman–Crippen LogP) is 2.63. The third kappa shape index (κ3) is 6.90. The van der Waals surface area contributed by atoms with Gasteiger partial charge in [-0.25, -0.2) is 8.42 Å². The summed E-state index contributed by atoms with van der Waals surface area (Å²) in [4.78, 5) is 23.8. The lowest BCUT2D eigenvalue weighted by Gasteiger charge is -2.29. The number of benzene rings is 2. The molecule has 168 valence electrons. The molecule has 0 spiro atoms. The number of carbonyl (C=O) groups is 2. The van der Waals surface area contributed by atoms with E-state index in [1.54, 1.807) is 43.3 Å². The standard InChI is InChI=1S/C23H28O7S/c1-4-29-22(25)15-21(31(27,28)19-12-10-16(2)11-13-19)23(26)20(30-17(3)24)14-18-8-6-5-7-9-18/h5-13,20-21,23,26H,4,14-15H2,1-3H3/t20-,21?,23+/m0/s1. The number of ether oxygens (including phenoxy) is 2. The van der Waals surface area contributed by atoms with Gasteiger partial charge >= 0.3 is 11.9 Å². The van der Waals surface area contributed by atoms with E-state index >= 15 is 0 Å². The van der Waals surface area contributed by atoms with Crippen LogP contribution in [0.25, 0.3) is 0 Å². The molecule has 0 saturated heterocycles. The minimum absolute atomic E-state index is 0.0345. The zero-order valence-electron chi connectivity index (χ0n) is 17.9. The van der Waals surface area contributed by atoms with Crippen LogP contribution in [0.3, 0.4) is 0 Å². The second-order valence-electron chi connectivity index (χ2n) is 7.23. The lowest BCUT2D eigenvalue weighted by Crippen LogP contribution is -2.46. The van der Waals surface area contributed by atoms with E-state index in [1.807, 2.05) is 13.0 Å². The van der Waals surface area contributed by atoms with E-state index in [9.17, 15) is 23.1 Å². The Labute approximate surface area is 182 Å². The summed E-state index contributed by atoms with van der Waals surface area (Å²) in [5.74, 6) is -1.42. The number of esters is 2. The summed E-state index contributed by atoms with van der Waals surface area (Å²) in [7, 11) is -4.15. The van der Waals surface area contributed by atoms with Gasteiger partial charge in [0.1, 0.15) is 17.5 Å². The molecule has 0 aliphatic heterocycles. The average Bonchev–Trinajstić information content (AvgIpc) is 2.72. The van der Waals surface area contributed by atoms with Gasteiger partial charge in [0, 0.05) is 13.3 Å². The molecule has 31 heavy (non-hydrogen) atoms. The molecule has 1 unspecified atom stereocenters. The van der Waals surface area contributed by atoms with Gasteiger partial charge < -0.3 is 14.6 Å². The van der Waals surface area contributed by atoms with Crippen molar-refractivity contribution in [3.63, 3.8) is 0 Å². The smallest absolute Gasteiger partial charge is 0.307 e. The minimum atomic E-state index is -4.15. The van der Waals surface area contributed by atoms with Gasteiger partial charge in [-0.05, 0) is 31.5 Å². The summed E-state index contributed by atoms with van der Waals surface area (Å²) in [6, 6.07) is 15.0. The van der Waals surface area contributed by atoms with Gasteiger partial charge in [-0.15, -0.1) is 0 Å². The number of aliphatic hydroxyl groups excluding tert-OH is 1. The van der Waals surface area contributed by atoms with Crippen molar-refractivity contribution in [1.29, 1.82) is 0 Å². The molecule has 1 N–H and O–H groups in total. The highest BCUT2D eigenvalue weighted by molar-refractivity contribution is 7.92. The topological polar surface area (TPSA) is 107 Å². The molecule has 2 rings (SSSR count). The molecule has 0 aromatic heterocycles. The fraction of sp³-hybridized carbons (Fsp3) is 0.391. The van der Waals surface area contributed by atoms with Crippen molar-refractivity contribution in [3.8, 4) is 0 Å². The third-order valence-electron chi connectivity index (χ3n) is 4.78. The van der Waals surface area contributed by atoms with Gasteiger partial charge in [0.15, 0.2) is 9.84 Å². The van der Waals surface area contributed by atoms with Crippen molar-refractivity contribution < 1.29 is 32.6 Å². The fourth-order valence-corrected chi connectivity index (χ4v) is 4.99. The maximum absolute atomic E-state index is 13.4. The molecule has 0 bridgehead atoms. The molecule has 7 nitrogen and oxygen atoms in total. The van der Waals surface area contributed by atoms with Crippen molar-refractivity contribution in [1.82, 2.24) is 0 Å². The van der Waals surface area contributed by atoms with E-state index in [0.29, 0.717) is 0 Å². The Kier molecular flexibility index (Phi) is 8.76. The first-order chi connectivity index (χ1) is 14.6. The van der Waals surface area contributed by atoms with Crippen LogP contribution in [0.5, 0.6) is 0 Å². The molecule has 3 atom stereocenters. The summed E-state index contributed by atoms with van der Waals surface area (Å²) < 4.78 is 36.9. The number of aryl methyl sites for hydroxylation is 1. The molecule has 0 fully saturated rings. The molecule has 0 saturated carbocycles. The Morgan fingerprint density at radius 1 is 1.03 bits per heavy atom. The van der Waals surface area contributed by atoms with Gasteiger partial charge in [0.2, 0.25) is 0 Å². The molecule has 8 heteroatoms. The van der Waals surface area contributed by atoms with Crippen molar-refractivity contribution in [3.05, 3.63) is 65.7 Å². The number of aliphatic hydroxyl groups is 1. The quantitative estimate of drug-likeness (QED) is 0.557. The largest absolute Gasteiger partial charge is 0.466 e. The van der Waals surface area contributed by atoms with E-state index in [1.165, 1.54) is 19.1 Å². The lowest BCUT2D eigenvalue weighted by atomic mass is 10.00. The monoisotopic (exact) mass is 448 g/mol.